The summed E-state index contributed by atoms with van der Waals surface area (Å²) in [4.78, 5) is 45.2. The highest BCUT2D eigenvalue weighted by molar-refractivity contribution is 7.19. The Morgan fingerprint density at radius 1 is 1.21 bits per heavy atom. The van der Waals surface area contributed by atoms with Crippen LogP contribution in [0.3, 0.4) is 0 Å². The van der Waals surface area contributed by atoms with E-state index < -0.39 is 17.2 Å². The molecule has 0 radical (unpaired) electrons. The summed E-state index contributed by atoms with van der Waals surface area (Å²) in [6.07, 6.45) is 4.48. The lowest BCUT2D eigenvalue weighted by Crippen LogP contribution is -2.40. The summed E-state index contributed by atoms with van der Waals surface area (Å²) in [5.41, 5.74) is -0.539. The van der Waals surface area contributed by atoms with Crippen LogP contribution < -0.4 is 16.6 Å². The predicted molar refractivity (Wildman–Crippen MR) is 90.2 cm³/mol. The first-order chi connectivity index (χ1) is 11.5. The maximum Gasteiger partial charge on any atom is 0.330 e. The molecule has 0 aliphatic carbocycles. The van der Waals surface area contributed by atoms with Gasteiger partial charge in [-0.1, -0.05) is 17.4 Å². The van der Waals surface area contributed by atoms with Crippen LogP contribution in [-0.2, 0) is 14.1 Å². The summed E-state index contributed by atoms with van der Waals surface area (Å²) in [6, 6.07) is 5.50. The van der Waals surface area contributed by atoms with Crippen LogP contribution in [0.15, 0.2) is 46.4 Å². The lowest BCUT2D eigenvalue weighted by atomic mass is 10.3. The number of nitrogens with one attached hydrogen (secondary N) is 1. The van der Waals surface area contributed by atoms with Gasteiger partial charge in [0.25, 0.3) is 11.5 Å². The molecule has 1 amide bonds. The molecule has 9 heteroatoms. The number of amides is 1. The number of nitrogens with zero attached hydrogens (tertiary/aromatic N) is 4. The van der Waals surface area contributed by atoms with Crippen molar-refractivity contribution in [3.8, 4) is 10.6 Å². The van der Waals surface area contributed by atoms with Crippen LogP contribution in [0.25, 0.3) is 10.6 Å². The van der Waals surface area contributed by atoms with Gasteiger partial charge in [0.15, 0.2) is 5.13 Å². The maximum absolute atomic E-state index is 12.3. The molecule has 0 atom stereocenters. The van der Waals surface area contributed by atoms with Gasteiger partial charge in [0, 0.05) is 32.7 Å². The van der Waals surface area contributed by atoms with E-state index >= 15 is 0 Å². The van der Waals surface area contributed by atoms with Crippen LogP contribution in [0.4, 0.5) is 5.13 Å². The fraction of sp³-hybridized carbons (Fsp3) is 0.133. The van der Waals surface area contributed by atoms with E-state index in [1.54, 1.807) is 12.4 Å². The van der Waals surface area contributed by atoms with Gasteiger partial charge in [0.1, 0.15) is 5.56 Å². The van der Waals surface area contributed by atoms with Crippen LogP contribution in [-0.4, -0.2) is 25.0 Å². The highest BCUT2D eigenvalue weighted by Crippen LogP contribution is 2.27. The second kappa shape index (κ2) is 6.20. The molecule has 1 N–H and O–H groups in total. The highest BCUT2D eigenvalue weighted by atomic mass is 32.1. The summed E-state index contributed by atoms with van der Waals surface area (Å²) in [5, 5.41) is 2.92. The first-order valence-corrected chi connectivity index (χ1v) is 7.74. The Hall–Kier alpha value is -3.07. The van der Waals surface area contributed by atoms with Crippen LogP contribution in [0.5, 0.6) is 0 Å². The molecule has 0 aromatic carbocycles. The predicted octanol–water partition coefficient (Wildman–Crippen LogP) is 0.855. The van der Waals surface area contributed by atoms with Gasteiger partial charge < -0.3 is 4.57 Å². The van der Waals surface area contributed by atoms with Crippen molar-refractivity contribution in [1.29, 1.82) is 0 Å². The number of carbonyl (C=O) groups is 1. The van der Waals surface area contributed by atoms with Gasteiger partial charge in [-0.05, 0) is 12.1 Å². The van der Waals surface area contributed by atoms with Crippen molar-refractivity contribution in [3.63, 3.8) is 0 Å². The summed E-state index contributed by atoms with van der Waals surface area (Å²) in [7, 11) is 2.80. The zero-order chi connectivity index (χ0) is 17.3. The van der Waals surface area contributed by atoms with Gasteiger partial charge in [-0.2, -0.15) is 0 Å². The van der Waals surface area contributed by atoms with E-state index in [9.17, 15) is 14.4 Å². The molecule has 0 aliphatic heterocycles. The van der Waals surface area contributed by atoms with E-state index in [0.717, 1.165) is 15.1 Å². The smallest absolute Gasteiger partial charge is 0.303 e. The van der Waals surface area contributed by atoms with Crippen molar-refractivity contribution in [2.24, 2.45) is 14.1 Å². The van der Waals surface area contributed by atoms with Gasteiger partial charge in [-0.25, -0.2) is 9.78 Å². The van der Waals surface area contributed by atoms with Crippen LogP contribution >= 0.6 is 11.3 Å². The van der Waals surface area contributed by atoms with Crippen molar-refractivity contribution < 1.29 is 4.79 Å². The lowest BCUT2D eigenvalue weighted by Gasteiger charge is -2.06. The van der Waals surface area contributed by atoms with Gasteiger partial charge in [-0.3, -0.25) is 24.5 Å². The molecule has 8 nitrogen and oxygen atoms in total. The van der Waals surface area contributed by atoms with E-state index in [-0.39, 0.29) is 5.56 Å². The van der Waals surface area contributed by atoms with Gasteiger partial charge in [0.05, 0.1) is 10.6 Å². The molecular weight excluding hydrogens is 330 g/mol. The van der Waals surface area contributed by atoms with Crippen molar-refractivity contribution >= 4 is 22.4 Å². The highest BCUT2D eigenvalue weighted by Gasteiger charge is 2.16. The molecule has 0 saturated carbocycles. The second-order valence-electron chi connectivity index (χ2n) is 5.00. The molecule has 3 aromatic heterocycles. The van der Waals surface area contributed by atoms with Gasteiger partial charge >= 0.3 is 5.69 Å². The van der Waals surface area contributed by atoms with E-state index in [4.69, 9.17) is 0 Å². The SMILES string of the molecule is Cn1cc(C(=O)Nc2ncc(-c3ccccn3)s2)c(=O)n(C)c1=O. The molecule has 122 valence electrons. The zero-order valence-electron chi connectivity index (χ0n) is 12.9. The number of rotatable bonds is 3. The average molecular weight is 343 g/mol. The molecule has 0 fully saturated rings. The Balaban J connectivity index is 1.88. The molecular formula is C15H13N5O3S. The number of anilines is 1. The van der Waals surface area contributed by atoms with Crippen molar-refractivity contribution in [2.45, 2.75) is 0 Å². The number of hydrogen-bond donors (Lipinski definition) is 1. The third kappa shape index (κ3) is 2.88. The van der Waals surface area contributed by atoms with Crippen molar-refractivity contribution in [1.82, 2.24) is 19.1 Å². The Bertz CT molecular complexity index is 1020. The molecule has 3 heterocycles. The molecule has 0 unspecified atom stereocenters. The Morgan fingerprint density at radius 2 is 2.00 bits per heavy atom. The van der Waals surface area contributed by atoms with Gasteiger partial charge in [-0.15, -0.1) is 0 Å². The molecule has 0 aliphatic rings. The number of hydrogen-bond acceptors (Lipinski definition) is 6. The van der Waals surface area contributed by atoms with Gasteiger partial charge in [0.2, 0.25) is 0 Å². The fourth-order valence-electron chi connectivity index (χ4n) is 2.09. The third-order valence-corrected chi connectivity index (χ3v) is 4.27. The molecule has 0 spiro atoms. The van der Waals surface area contributed by atoms with Crippen LogP contribution in [0, 0.1) is 0 Å². The first kappa shape index (κ1) is 15.8. The minimum atomic E-state index is -0.655. The van der Waals surface area contributed by atoms with Crippen LogP contribution in [0.2, 0.25) is 0 Å². The summed E-state index contributed by atoms with van der Waals surface area (Å²) in [6.45, 7) is 0. The third-order valence-electron chi connectivity index (χ3n) is 3.33. The number of aromatic nitrogens is 4. The topological polar surface area (TPSA) is 98.9 Å². The van der Waals surface area contributed by atoms with E-state index in [1.807, 2.05) is 18.2 Å². The standard InChI is InChI=1S/C15H13N5O3S/c1-19-8-9(13(22)20(2)15(19)23)12(21)18-14-17-7-11(24-14)10-5-3-4-6-16-10/h3-8H,1-2H3,(H,17,18,21). The number of aryl methyl sites for hydroxylation is 1. The number of carbonyl (C=O) groups excluding carboxylic acids is 1. The molecule has 24 heavy (non-hydrogen) atoms. The Labute approximate surface area is 140 Å². The van der Waals surface area contributed by atoms with Crippen LogP contribution in [0.1, 0.15) is 10.4 Å². The normalized spacial score (nSPS) is 10.6. The molecule has 0 saturated heterocycles. The Kier molecular flexibility index (Phi) is 4.09. The summed E-state index contributed by atoms with van der Waals surface area (Å²) >= 11 is 1.24. The minimum Gasteiger partial charge on any atom is -0.303 e. The maximum atomic E-state index is 12.3. The monoisotopic (exact) mass is 343 g/mol. The first-order valence-electron chi connectivity index (χ1n) is 6.92. The number of thiazole rings is 1. The molecule has 0 bridgehead atoms. The van der Waals surface area contributed by atoms with E-state index in [1.165, 1.54) is 36.2 Å². The van der Waals surface area contributed by atoms with E-state index in [0.29, 0.717) is 5.13 Å². The lowest BCUT2D eigenvalue weighted by molar-refractivity contribution is 0.102. The quantitative estimate of drug-likeness (QED) is 0.760. The van der Waals surface area contributed by atoms with E-state index in [2.05, 4.69) is 15.3 Å². The van der Waals surface area contributed by atoms with Crippen molar-refractivity contribution in [2.75, 3.05) is 5.32 Å². The molecule has 3 rings (SSSR count). The fourth-order valence-corrected chi connectivity index (χ4v) is 2.88. The van der Waals surface area contributed by atoms with Crippen molar-refractivity contribution in [3.05, 3.63) is 63.2 Å². The molecule has 3 aromatic rings. The average Bonchev–Trinajstić information content (AvgIpc) is 3.05. The second-order valence-corrected chi connectivity index (χ2v) is 6.03. The zero-order valence-corrected chi connectivity index (χ0v) is 13.7. The summed E-state index contributed by atoms with van der Waals surface area (Å²) in [5.74, 6) is -0.617. The summed E-state index contributed by atoms with van der Waals surface area (Å²) < 4.78 is 2.06. The largest absolute Gasteiger partial charge is 0.330 e. The minimum absolute atomic E-state index is 0.130. The number of pyridine rings is 1. The Morgan fingerprint density at radius 3 is 2.71 bits per heavy atom.